The van der Waals surface area contributed by atoms with Gasteiger partial charge in [-0.05, 0) is 69.5 Å². The summed E-state index contributed by atoms with van der Waals surface area (Å²) < 4.78 is 3.56. The number of hydrogen-bond acceptors (Lipinski definition) is 3. The smallest absolute Gasteiger partial charge is 0.169 e. The number of hydrogen-bond donors (Lipinski definition) is 0. The number of aromatic nitrogens is 1. The van der Waals surface area contributed by atoms with Crippen molar-refractivity contribution in [3.8, 4) is 9.75 Å². The molecule has 0 N–H and O–H groups in total. The molecule has 0 unspecified atom stereocenters. The largest absolute Gasteiger partial charge is 0.364 e. The summed E-state index contributed by atoms with van der Waals surface area (Å²) in [6.45, 7) is 24.4. The van der Waals surface area contributed by atoms with Crippen molar-refractivity contribution in [2.75, 3.05) is 44.2 Å². The monoisotopic (exact) mass is 523 g/mol. The summed E-state index contributed by atoms with van der Waals surface area (Å²) in [6.07, 6.45) is 10.3. The van der Waals surface area contributed by atoms with Crippen molar-refractivity contribution in [1.29, 1.82) is 0 Å². The highest BCUT2D eigenvalue weighted by Crippen LogP contribution is 2.57. The van der Waals surface area contributed by atoms with Gasteiger partial charge in [0, 0.05) is 40.4 Å². The van der Waals surface area contributed by atoms with Crippen LogP contribution in [-0.4, -0.2) is 43.8 Å². The Morgan fingerprint density at radius 2 is 1.47 bits per heavy atom. The number of quaternary nitrogens is 1. The van der Waals surface area contributed by atoms with Crippen LogP contribution in [0.4, 0.5) is 5.00 Å². The predicted molar refractivity (Wildman–Crippen MR) is 160 cm³/mol. The molecule has 0 saturated carbocycles. The van der Waals surface area contributed by atoms with Crippen molar-refractivity contribution < 1.29 is 9.05 Å². The third kappa shape index (κ3) is 5.20. The van der Waals surface area contributed by atoms with Gasteiger partial charge in [0.25, 0.3) is 0 Å². The van der Waals surface area contributed by atoms with Crippen LogP contribution < -0.4 is 9.47 Å². The van der Waals surface area contributed by atoms with Gasteiger partial charge in [0.15, 0.2) is 18.9 Å². The number of anilines is 1. The summed E-state index contributed by atoms with van der Waals surface area (Å²) in [5.41, 5.74) is 4.34. The van der Waals surface area contributed by atoms with Crippen LogP contribution in [0.3, 0.4) is 0 Å². The minimum atomic E-state index is 0.0804. The zero-order valence-corrected chi connectivity index (χ0v) is 25.1. The Morgan fingerprint density at radius 3 is 2.08 bits per heavy atom. The molecule has 4 rings (SSSR count). The number of nitrogens with zero attached hydrogens (tertiary/aromatic N) is 3. The lowest BCUT2D eigenvalue weighted by molar-refractivity contribution is -0.925. The first-order valence-corrected chi connectivity index (χ1v) is 15.5. The quantitative estimate of drug-likeness (QED) is 0.174. The molecular weight excluding hydrogens is 478 g/mol. The summed E-state index contributed by atoms with van der Waals surface area (Å²) in [4.78, 5) is 6.78. The summed E-state index contributed by atoms with van der Waals surface area (Å²) in [6, 6.07) is 9.36. The number of thiophene rings is 2. The van der Waals surface area contributed by atoms with E-state index in [1.165, 1.54) is 73.4 Å². The van der Waals surface area contributed by atoms with E-state index in [9.17, 15) is 0 Å². The Morgan fingerprint density at radius 1 is 0.861 bits per heavy atom. The molecule has 0 bridgehead atoms. The molecular formula is C31H45N3S2+2. The minimum absolute atomic E-state index is 0.0804. The molecule has 0 aliphatic heterocycles. The molecule has 0 atom stereocenters. The Bertz CT molecular complexity index is 1170. The van der Waals surface area contributed by atoms with Crippen LogP contribution in [0, 0.1) is 0 Å². The minimum Gasteiger partial charge on any atom is -0.364 e. The Hall–Kier alpha value is -1.95. The zero-order chi connectivity index (χ0) is 25.9. The number of rotatable bonds is 12. The van der Waals surface area contributed by atoms with Gasteiger partial charge in [-0.2, -0.15) is 0 Å². The van der Waals surface area contributed by atoms with Crippen LogP contribution in [0.2, 0.25) is 0 Å². The van der Waals surface area contributed by atoms with Crippen LogP contribution >= 0.6 is 22.7 Å². The van der Waals surface area contributed by atoms with Crippen LogP contribution in [0.5, 0.6) is 0 Å². The van der Waals surface area contributed by atoms with Crippen molar-refractivity contribution in [1.82, 2.24) is 0 Å². The second-order valence-electron chi connectivity index (χ2n) is 10.6. The maximum absolute atomic E-state index is 2.47. The van der Waals surface area contributed by atoms with E-state index in [-0.39, 0.29) is 5.41 Å². The molecule has 5 heteroatoms. The normalized spacial score (nSPS) is 14.4. The number of aryl methyl sites for hydroxylation is 1. The first-order valence-electron chi connectivity index (χ1n) is 13.9. The second kappa shape index (κ2) is 11.2. The van der Waals surface area contributed by atoms with Gasteiger partial charge in [-0.25, -0.2) is 4.57 Å². The van der Waals surface area contributed by atoms with E-state index in [0.29, 0.717) is 0 Å². The molecule has 0 saturated heterocycles. The van der Waals surface area contributed by atoms with E-state index in [0.717, 1.165) is 19.6 Å². The molecule has 0 radical (unpaired) electrons. The fourth-order valence-electron chi connectivity index (χ4n) is 5.61. The van der Waals surface area contributed by atoms with Crippen LogP contribution in [0.15, 0.2) is 36.7 Å². The van der Waals surface area contributed by atoms with E-state index in [1.54, 1.807) is 0 Å². The van der Waals surface area contributed by atoms with E-state index in [4.69, 9.17) is 0 Å². The average molecular weight is 524 g/mol. The van der Waals surface area contributed by atoms with Gasteiger partial charge in [-0.1, -0.05) is 19.9 Å². The molecule has 3 aromatic heterocycles. The molecule has 36 heavy (non-hydrogen) atoms. The van der Waals surface area contributed by atoms with E-state index in [1.807, 2.05) is 22.7 Å². The summed E-state index contributed by atoms with van der Waals surface area (Å²) in [7, 11) is 0. The first-order chi connectivity index (χ1) is 17.3. The molecule has 194 valence electrons. The molecule has 0 spiro atoms. The fraction of sp³-hybridized carbons (Fsp3) is 0.516. The molecule has 1 aliphatic carbocycles. The van der Waals surface area contributed by atoms with Gasteiger partial charge in [0.2, 0.25) is 0 Å². The third-order valence-corrected chi connectivity index (χ3v) is 11.0. The number of fused-ring (bicyclic) bond motifs is 3. The standard InChI is InChI=1S/C31H45N3S2/c1-8-33(9-2)28-23-27-30(36-28)29-26(31(27,6)7)22-25(35-29)15-14-24-16-19-32(20-17-24)18-13-21-34(10-3,11-4)12-5/h14-17,19-20,22-23H,8-13,18,21H2,1-7H3/q+2. The SMILES string of the molecule is CCN(CC)c1cc2c(s1)-c1sc(/C=C/c3cc[n+](CCC[N+](CC)(CC)CC)cc3)cc1C2(C)C. The lowest BCUT2D eigenvalue weighted by Gasteiger charge is -2.35. The van der Waals surface area contributed by atoms with Crippen LogP contribution in [-0.2, 0) is 12.0 Å². The highest BCUT2D eigenvalue weighted by molar-refractivity contribution is 7.25. The predicted octanol–water partition coefficient (Wildman–Crippen LogP) is 7.69. The van der Waals surface area contributed by atoms with Crippen LogP contribution in [0.25, 0.3) is 21.9 Å². The van der Waals surface area contributed by atoms with E-state index in [2.05, 4.69) is 107 Å². The summed E-state index contributed by atoms with van der Waals surface area (Å²) in [5.74, 6) is 0. The Kier molecular flexibility index (Phi) is 8.43. The topological polar surface area (TPSA) is 7.12 Å². The third-order valence-electron chi connectivity index (χ3n) is 8.52. The Labute approximate surface area is 227 Å². The van der Waals surface area contributed by atoms with Gasteiger partial charge in [-0.15, -0.1) is 22.7 Å². The van der Waals surface area contributed by atoms with Gasteiger partial charge in [0.1, 0.15) is 0 Å². The van der Waals surface area contributed by atoms with Crippen molar-refractivity contribution in [2.45, 2.75) is 66.8 Å². The maximum atomic E-state index is 2.47. The molecule has 1 aliphatic rings. The highest BCUT2D eigenvalue weighted by atomic mass is 32.1. The lowest BCUT2D eigenvalue weighted by atomic mass is 9.84. The average Bonchev–Trinajstić information content (AvgIpc) is 3.57. The van der Waals surface area contributed by atoms with Crippen molar-refractivity contribution in [3.63, 3.8) is 0 Å². The van der Waals surface area contributed by atoms with Crippen LogP contribution in [0.1, 0.15) is 76.5 Å². The fourth-order valence-corrected chi connectivity index (χ4v) is 8.44. The van der Waals surface area contributed by atoms with Crippen molar-refractivity contribution in [3.05, 3.63) is 58.2 Å². The van der Waals surface area contributed by atoms with E-state index < -0.39 is 0 Å². The summed E-state index contributed by atoms with van der Waals surface area (Å²) in [5, 5.41) is 1.41. The lowest BCUT2D eigenvalue weighted by Crippen LogP contribution is -2.49. The molecule has 0 fully saturated rings. The molecule has 3 nitrogen and oxygen atoms in total. The Balaban J connectivity index is 1.44. The van der Waals surface area contributed by atoms with Gasteiger partial charge >= 0.3 is 0 Å². The first kappa shape index (κ1) is 27.1. The molecule has 3 aromatic rings. The number of pyridine rings is 1. The van der Waals surface area contributed by atoms with E-state index >= 15 is 0 Å². The van der Waals surface area contributed by atoms with Crippen molar-refractivity contribution in [2.24, 2.45) is 0 Å². The van der Waals surface area contributed by atoms with Gasteiger partial charge in [0.05, 0.1) is 42.5 Å². The summed E-state index contributed by atoms with van der Waals surface area (Å²) >= 11 is 3.92. The zero-order valence-electron chi connectivity index (χ0n) is 23.4. The van der Waals surface area contributed by atoms with Gasteiger partial charge in [-0.3, -0.25) is 0 Å². The molecule has 0 amide bonds. The highest BCUT2D eigenvalue weighted by Gasteiger charge is 2.39. The molecule has 0 aromatic carbocycles. The second-order valence-corrected chi connectivity index (χ2v) is 12.7. The van der Waals surface area contributed by atoms with Crippen molar-refractivity contribution >= 4 is 39.8 Å². The van der Waals surface area contributed by atoms with Gasteiger partial charge < -0.3 is 9.38 Å². The molecule has 3 heterocycles. The maximum Gasteiger partial charge on any atom is 0.169 e.